The molecule has 7 heavy (non-hydrogen) atoms. The summed E-state index contributed by atoms with van der Waals surface area (Å²) < 4.78 is 0. The fourth-order valence-electron chi connectivity index (χ4n) is 0.197. The molecule has 0 rings (SSSR count). The second kappa shape index (κ2) is 2.96. The maximum atomic E-state index is 8.56. The van der Waals surface area contributed by atoms with E-state index in [1.54, 1.807) is 0 Å². The predicted molar refractivity (Wildman–Crippen MR) is 26.7 cm³/mol. The largest absolute Gasteiger partial charge is 0.391 e. The molecule has 0 saturated heterocycles. The Morgan fingerprint density at radius 1 is 1.57 bits per heavy atom. The fourth-order valence-corrected chi connectivity index (χ4v) is 0.197. The van der Waals surface area contributed by atoms with Crippen molar-refractivity contribution in [3.63, 3.8) is 0 Å². The van der Waals surface area contributed by atoms with Crippen LogP contribution >= 0.6 is 0 Å². The summed E-state index contributed by atoms with van der Waals surface area (Å²) in [6.07, 6.45) is -1.47. The number of nitrogens with two attached hydrogens (primary N) is 1. The summed E-state index contributed by atoms with van der Waals surface area (Å²) in [4.78, 5) is 0. The molecular weight excluding hydrogens is 94.0 g/mol. The third-order valence-corrected chi connectivity index (χ3v) is 0.798. The van der Waals surface area contributed by atoms with Crippen LogP contribution in [0, 0.1) is 0 Å². The zero-order chi connectivity index (χ0) is 5.86. The summed E-state index contributed by atoms with van der Waals surface area (Å²) in [5.74, 6) is 0. The lowest BCUT2D eigenvalue weighted by Crippen LogP contribution is -2.30. The lowest BCUT2D eigenvalue weighted by molar-refractivity contribution is 0.0374. The summed E-state index contributed by atoms with van der Waals surface area (Å²) in [5.41, 5.74) is 4.96. The van der Waals surface area contributed by atoms with E-state index in [0.29, 0.717) is 0 Å². The van der Waals surface area contributed by atoms with E-state index >= 15 is 0 Å². The van der Waals surface area contributed by atoms with Crippen molar-refractivity contribution in [1.29, 1.82) is 0 Å². The first-order valence-corrected chi connectivity index (χ1v) is 2.24. The van der Waals surface area contributed by atoms with E-state index in [1.165, 1.54) is 6.92 Å². The van der Waals surface area contributed by atoms with Gasteiger partial charge < -0.3 is 15.9 Å². The molecule has 0 radical (unpaired) electrons. The molecule has 0 bridgehead atoms. The van der Waals surface area contributed by atoms with Crippen molar-refractivity contribution in [3.05, 3.63) is 0 Å². The van der Waals surface area contributed by atoms with E-state index < -0.39 is 12.2 Å². The summed E-state index contributed by atoms with van der Waals surface area (Å²) >= 11 is 0. The molecule has 0 spiro atoms. The Balaban J connectivity index is 3.14. The van der Waals surface area contributed by atoms with E-state index in [2.05, 4.69) is 0 Å². The highest BCUT2D eigenvalue weighted by atomic mass is 16.3. The van der Waals surface area contributed by atoms with E-state index in [9.17, 15) is 0 Å². The molecule has 0 aromatic heterocycles. The van der Waals surface area contributed by atoms with Crippen LogP contribution in [-0.2, 0) is 0 Å². The maximum absolute atomic E-state index is 8.56. The molecule has 0 aliphatic heterocycles. The summed E-state index contributed by atoms with van der Waals surface area (Å²) in [7, 11) is 0. The first-order chi connectivity index (χ1) is 3.18. The van der Waals surface area contributed by atoms with Gasteiger partial charge in [-0.25, -0.2) is 0 Å². The van der Waals surface area contributed by atoms with Gasteiger partial charge in [-0.05, 0) is 6.92 Å². The van der Waals surface area contributed by atoms with Gasteiger partial charge in [-0.3, -0.25) is 0 Å². The minimum absolute atomic E-state index is 0.123. The topological polar surface area (TPSA) is 66.5 Å². The average molecular weight is 105 g/mol. The molecule has 0 aromatic carbocycles. The van der Waals surface area contributed by atoms with Crippen LogP contribution in [0.5, 0.6) is 0 Å². The van der Waals surface area contributed by atoms with Crippen molar-refractivity contribution in [2.75, 3.05) is 6.54 Å². The van der Waals surface area contributed by atoms with Crippen LogP contribution < -0.4 is 5.73 Å². The first-order valence-electron chi connectivity index (χ1n) is 2.24. The summed E-state index contributed by atoms with van der Waals surface area (Å²) in [5, 5.41) is 17.1. The molecule has 44 valence electrons. The van der Waals surface area contributed by atoms with Crippen LogP contribution in [-0.4, -0.2) is 29.0 Å². The van der Waals surface area contributed by atoms with Gasteiger partial charge in [-0.1, -0.05) is 0 Å². The van der Waals surface area contributed by atoms with Crippen molar-refractivity contribution < 1.29 is 10.2 Å². The summed E-state index contributed by atoms with van der Waals surface area (Å²) in [6.45, 7) is 1.62. The standard InChI is InChI=1S/C4H11NO2/c1-3(6)4(7)2-5/h3-4,6-7H,2,5H2,1H3/t3-,4+/m1/s1. The number of rotatable bonds is 2. The minimum Gasteiger partial charge on any atom is -0.391 e. The minimum atomic E-state index is -0.764. The van der Waals surface area contributed by atoms with Crippen molar-refractivity contribution in [2.45, 2.75) is 19.1 Å². The molecule has 3 nitrogen and oxygen atoms in total. The van der Waals surface area contributed by atoms with E-state index in [0.717, 1.165) is 0 Å². The van der Waals surface area contributed by atoms with Crippen molar-refractivity contribution >= 4 is 0 Å². The molecule has 0 aliphatic carbocycles. The van der Waals surface area contributed by atoms with Crippen molar-refractivity contribution in [3.8, 4) is 0 Å². The molecule has 0 aliphatic rings. The second-order valence-electron chi connectivity index (χ2n) is 1.54. The smallest absolute Gasteiger partial charge is 0.0918 e. The Kier molecular flexibility index (Phi) is 2.91. The van der Waals surface area contributed by atoms with Crippen LogP contribution in [0.3, 0.4) is 0 Å². The SMILES string of the molecule is C[C@@H](O)[C@@H](O)CN. The molecular formula is C4H11NO2. The Hall–Kier alpha value is -0.120. The van der Waals surface area contributed by atoms with E-state index in [4.69, 9.17) is 15.9 Å². The number of aliphatic hydroxyl groups is 2. The predicted octanol–water partition coefficient (Wildman–Crippen LogP) is -1.31. The van der Waals surface area contributed by atoms with Gasteiger partial charge in [0.2, 0.25) is 0 Å². The number of hydrogen-bond acceptors (Lipinski definition) is 3. The Bertz CT molecular complexity index is 47.0. The molecule has 0 amide bonds. The van der Waals surface area contributed by atoms with Gasteiger partial charge in [0.25, 0.3) is 0 Å². The third kappa shape index (κ3) is 2.56. The van der Waals surface area contributed by atoms with Gasteiger partial charge in [0.1, 0.15) is 0 Å². The maximum Gasteiger partial charge on any atom is 0.0918 e. The molecule has 0 unspecified atom stereocenters. The van der Waals surface area contributed by atoms with Crippen LogP contribution in [0.4, 0.5) is 0 Å². The molecule has 0 saturated carbocycles. The first kappa shape index (κ1) is 6.88. The van der Waals surface area contributed by atoms with Gasteiger partial charge in [-0.2, -0.15) is 0 Å². The number of aliphatic hydroxyl groups excluding tert-OH is 2. The zero-order valence-corrected chi connectivity index (χ0v) is 4.33. The molecule has 0 heterocycles. The highest BCUT2D eigenvalue weighted by Crippen LogP contribution is 1.85. The summed E-state index contributed by atoms with van der Waals surface area (Å²) in [6, 6.07) is 0. The Morgan fingerprint density at radius 3 is 2.00 bits per heavy atom. The average Bonchev–Trinajstić information content (AvgIpc) is 1.65. The molecule has 0 aromatic rings. The molecule has 0 fully saturated rings. The highest BCUT2D eigenvalue weighted by molar-refractivity contribution is 4.60. The van der Waals surface area contributed by atoms with Gasteiger partial charge in [0.15, 0.2) is 0 Å². The Labute approximate surface area is 42.8 Å². The van der Waals surface area contributed by atoms with Crippen LogP contribution in [0.2, 0.25) is 0 Å². The van der Waals surface area contributed by atoms with Crippen LogP contribution in [0.25, 0.3) is 0 Å². The lowest BCUT2D eigenvalue weighted by Gasteiger charge is -2.08. The van der Waals surface area contributed by atoms with Gasteiger partial charge in [0.05, 0.1) is 12.2 Å². The van der Waals surface area contributed by atoms with Crippen molar-refractivity contribution in [2.24, 2.45) is 5.73 Å². The van der Waals surface area contributed by atoms with Crippen LogP contribution in [0.15, 0.2) is 0 Å². The number of hydrogen-bond donors (Lipinski definition) is 3. The molecule has 3 heteroatoms. The highest BCUT2D eigenvalue weighted by Gasteiger charge is 2.05. The quantitative estimate of drug-likeness (QED) is 0.408. The van der Waals surface area contributed by atoms with Crippen LogP contribution in [0.1, 0.15) is 6.92 Å². The fraction of sp³-hybridized carbons (Fsp3) is 1.00. The second-order valence-corrected chi connectivity index (χ2v) is 1.54. The normalized spacial score (nSPS) is 18.9. The zero-order valence-electron chi connectivity index (χ0n) is 4.33. The van der Waals surface area contributed by atoms with Gasteiger partial charge in [0, 0.05) is 6.54 Å². The molecule has 4 N–H and O–H groups in total. The monoisotopic (exact) mass is 105 g/mol. The molecule has 2 atom stereocenters. The van der Waals surface area contributed by atoms with Gasteiger partial charge >= 0.3 is 0 Å². The van der Waals surface area contributed by atoms with E-state index in [-0.39, 0.29) is 6.54 Å². The Morgan fingerprint density at radius 2 is 2.00 bits per heavy atom. The van der Waals surface area contributed by atoms with Crippen molar-refractivity contribution in [1.82, 2.24) is 0 Å². The third-order valence-electron chi connectivity index (χ3n) is 0.798. The van der Waals surface area contributed by atoms with Gasteiger partial charge in [-0.15, -0.1) is 0 Å². The lowest BCUT2D eigenvalue weighted by atomic mass is 10.2. The van der Waals surface area contributed by atoms with E-state index in [1.807, 2.05) is 0 Å².